The van der Waals surface area contributed by atoms with Gasteiger partial charge in [-0.1, -0.05) is 12.1 Å². The van der Waals surface area contributed by atoms with Gasteiger partial charge in [0.2, 0.25) is 6.79 Å². The van der Waals surface area contributed by atoms with Crippen LogP contribution in [0.4, 0.5) is 0 Å². The molecule has 0 saturated heterocycles. The van der Waals surface area contributed by atoms with Crippen molar-refractivity contribution in [3.63, 3.8) is 0 Å². The Kier molecular flexibility index (Phi) is 2.59. The zero-order valence-electron chi connectivity index (χ0n) is 8.19. The second kappa shape index (κ2) is 3.88. The fourth-order valence-electron chi connectivity index (χ4n) is 1.55. The summed E-state index contributed by atoms with van der Waals surface area (Å²) in [6, 6.07) is 5.86. The zero-order chi connectivity index (χ0) is 9.97. The van der Waals surface area contributed by atoms with Crippen LogP contribution in [0.2, 0.25) is 0 Å². The Balaban J connectivity index is 2.14. The van der Waals surface area contributed by atoms with Gasteiger partial charge in [0.05, 0.1) is 6.10 Å². The molecule has 0 aliphatic carbocycles. The Bertz CT molecular complexity index is 320. The molecule has 1 aliphatic rings. The molecule has 1 unspecified atom stereocenters. The van der Waals surface area contributed by atoms with Crippen molar-refractivity contribution in [3.05, 3.63) is 23.8 Å². The van der Waals surface area contributed by atoms with Crippen LogP contribution >= 0.6 is 0 Å². The third-order valence-corrected chi connectivity index (χ3v) is 2.31. The van der Waals surface area contributed by atoms with Gasteiger partial charge in [-0.25, -0.2) is 0 Å². The van der Waals surface area contributed by atoms with E-state index in [1.165, 1.54) is 0 Å². The summed E-state index contributed by atoms with van der Waals surface area (Å²) in [5, 5.41) is 9.19. The molecule has 76 valence electrons. The first-order valence-electron chi connectivity index (χ1n) is 4.83. The van der Waals surface area contributed by atoms with Gasteiger partial charge in [-0.3, -0.25) is 0 Å². The number of benzene rings is 1. The zero-order valence-corrected chi connectivity index (χ0v) is 8.19. The fraction of sp³-hybridized carbons (Fsp3) is 0.455. The van der Waals surface area contributed by atoms with E-state index in [1.807, 2.05) is 18.2 Å². The number of fused-ring (bicyclic) bond motifs is 1. The van der Waals surface area contributed by atoms with Crippen LogP contribution in [0.1, 0.15) is 18.9 Å². The predicted octanol–water partition coefficient (Wildman–Crippen LogP) is 1.73. The number of hydrogen-bond acceptors (Lipinski definition) is 3. The first-order chi connectivity index (χ1) is 6.77. The van der Waals surface area contributed by atoms with E-state index in [1.54, 1.807) is 6.92 Å². The van der Waals surface area contributed by atoms with Crippen LogP contribution in [0.15, 0.2) is 18.2 Å². The second-order valence-corrected chi connectivity index (χ2v) is 3.54. The molecule has 0 bridgehead atoms. The van der Waals surface area contributed by atoms with Crippen LogP contribution in [-0.4, -0.2) is 18.0 Å². The summed E-state index contributed by atoms with van der Waals surface area (Å²) in [5.41, 5.74) is 1.11. The molecule has 1 N–H and O–H groups in total. The summed E-state index contributed by atoms with van der Waals surface area (Å²) in [5.74, 6) is 1.65. The lowest BCUT2D eigenvalue weighted by Gasteiger charge is -2.06. The van der Waals surface area contributed by atoms with Crippen LogP contribution in [0.5, 0.6) is 11.5 Å². The van der Waals surface area contributed by atoms with E-state index < -0.39 is 0 Å². The molecule has 1 atom stereocenters. The molecule has 0 amide bonds. The van der Waals surface area contributed by atoms with Gasteiger partial charge in [0.25, 0.3) is 0 Å². The highest BCUT2D eigenvalue weighted by Gasteiger charge is 2.16. The topological polar surface area (TPSA) is 38.7 Å². The van der Waals surface area contributed by atoms with Crippen molar-refractivity contribution in [2.24, 2.45) is 0 Å². The highest BCUT2D eigenvalue weighted by molar-refractivity contribution is 5.48. The van der Waals surface area contributed by atoms with Gasteiger partial charge in [-0.05, 0) is 31.4 Å². The molecule has 0 spiro atoms. The summed E-state index contributed by atoms with van der Waals surface area (Å²) in [6.07, 6.45) is 1.30. The van der Waals surface area contributed by atoms with Crippen LogP contribution in [0.25, 0.3) is 0 Å². The first kappa shape index (κ1) is 9.34. The molecule has 0 saturated carbocycles. The molecular weight excluding hydrogens is 180 g/mol. The van der Waals surface area contributed by atoms with E-state index in [0.29, 0.717) is 6.79 Å². The highest BCUT2D eigenvalue weighted by Crippen LogP contribution is 2.35. The molecule has 0 aromatic heterocycles. The molecule has 1 aliphatic heterocycles. The van der Waals surface area contributed by atoms with Gasteiger partial charge >= 0.3 is 0 Å². The molecule has 1 aromatic carbocycles. The Hall–Kier alpha value is -1.22. The molecule has 1 heterocycles. The largest absolute Gasteiger partial charge is 0.454 e. The van der Waals surface area contributed by atoms with Crippen molar-refractivity contribution in [2.75, 3.05) is 6.79 Å². The summed E-state index contributed by atoms with van der Waals surface area (Å²) < 4.78 is 10.6. The Morgan fingerprint density at radius 2 is 2.29 bits per heavy atom. The van der Waals surface area contributed by atoms with Crippen LogP contribution in [-0.2, 0) is 6.42 Å². The molecule has 3 heteroatoms. The number of ether oxygens (including phenoxy) is 2. The van der Waals surface area contributed by atoms with Gasteiger partial charge in [0.1, 0.15) is 0 Å². The van der Waals surface area contributed by atoms with Crippen LogP contribution in [0, 0.1) is 0 Å². The number of rotatable bonds is 3. The van der Waals surface area contributed by atoms with E-state index in [4.69, 9.17) is 9.47 Å². The monoisotopic (exact) mass is 194 g/mol. The number of aliphatic hydroxyl groups excluding tert-OH is 1. The lowest BCUT2D eigenvalue weighted by atomic mass is 10.1. The molecule has 14 heavy (non-hydrogen) atoms. The average molecular weight is 194 g/mol. The first-order valence-corrected chi connectivity index (χ1v) is 4.83. The van der Waals surface area contributed by atoms with Gasteiger partial charge < -0.3 is 14.6 Å². The summed E-state index contributed by atoms with van der Waals surface area (Å²) in [4.78, 5) is 0. The van der Waals surface area contributed by atoms with E-state index >= 15 is 0 Å². The van der Waals surface area contributed by atoms with Crippen molar-refractivity contribution in [1.29, 1.82) is 0 Å². The van der Waals surface area contributed by atoms with Crippen molar-refractivity contribution in [2.45, 2.75) is 25.9 Å². The minimum absolute atomic E-state index is 0.270. The van der Waals surface area contributed by atoms with Gasteiger partial charge in [-0.2, -0.15) is 0 Å². The number of aryl methyl sites for hydroxylation is 1. The molecular formula is C11H14O3. The SMILES string of the molecule is CC(O)CCc1cccc2c1OCO2. The standard InChI is InChI=1S/C11H14O3/c1-8(12)5-6-9-3-2-4-10-11(9)14-7-13-10/h2-4,8,12H,5-7H2,1H3. The summed E-state index contributed by atoms with van der Waals surface area (Å²) in [7, 11) is 0. The third kappa shape index (κ3) is 1.82. The quantitative estimate of drug-likeness (QED) is 0.796. The molecule has 3 nitrogen and oxygen atoms in total. The Morgan fingerprint density at radius 3 is 3.07 bits per heavy atom. The minimum Gasteiger partial charge on any atom is -0.454 e. The Morgan fingerprint density at radius 1 is 1.43 bits per heavy atom. The van der Waals surface area contributed by atoms with Gasteiger partial charge in [0.15, 0.2) is 11.5 Å². The lowest BCUT2D eigenvalue weighted by molar-refractivity contribution is 0.171. The summed E-state index contributed by atoms with van der Waals surface area (Å²) in [6.45, 7) is 2.10. The van der Waals surface area contributed by atoms with Crippen molar-refractivity contribution in [3.8, 4) is 11.5 Å². The molecule has 0 fully saturated rings. The summed E-state index contributed by atoms with van der Waals surface area (Å²) >= 11 is 0. The predicted molar refractivity (Wildman–Crippen MR) is 52.6 cm³/mol. The van der Waals surface area contributed by atoms with Crippen molar-refractivity contribution < 1.29 is 14.6 Å². The van der Waals surface area contributed by atoms with E-state index in [9.17, 15) is 5.11 Å². The fourth-order valence-corrected chi connectivity index (χ4v) is 1.55. The minimum atomic E-state index is -0.270. The maximum atomic E-state index is 9.19. The van der Waals surface area contributed by atoms with Crippen LogP contribution in [0.3, 0.4) is 0 Å². The Labute approximate surface area is 83.3 Å². The maximum Gasteiger partial charge on any atom is 0.231 e. The van der Waals surface area contributed by atoms with Gasteiger partial charge in [0, 0.05) is 0 Å². The normalized spacial score (nSPS) is 15.6. The van der Waals surface area contributed by atoms with E-state index in [-0.39, 0.29) is 6.10 Å². The van der Waals surface area contributed by atoms with Crippen LogP contribution < -0.4 is 9.47 Å². The molecule has 0 radical (unpaired) electrons. The molecule has 2 rings (SSSR count). The molecule has 1 aromatic rings. The highest BCUT2D eigenvalue weighted by atomic mass is 16.7. The number of aliphatic hydroxyl groups is 1. The second-order valence-electron chi connectivity index (χ2n) is 3.54. The smallest absolute Gasteiger partial charge is 0.231 e. The van der Waals surface area contributed by atoms with Gasteiger partial charge in [-0.15, -0.1) is 0 Å². The van der Waals surface area contributed by atoms with Crippen molar-refractivity contribution in [1.82, 2.24) is 0 Å². The lowest BCUT2D eigenvalue weighted by Crippen LogP contribution is -2.02. The van der Waals surface area contributed by atoms with Crippen molar-refractivity contribution >= 4 is 0 Å². The van der Waals surface area contributed by atoms with E-state index in [2.05, 4.69) is 0 Å². The average Bonchev–Trinajstić information content (AvgIpc) is 2.62. The van der Waals surface area contributed by atoms with E-state index in [0.717, 1.165) is 29.9 Å². The maximum absolute atomic E-state index is 9.19. The number of para-hydroxylation sites is 1. The third-order valence-electron chi connectivity index (χ3n) is 2.31. The number of hydrogen-bond donors (Lipinski definition) is 1.